The summed E-state index contributed by atoms with van der Waals surface area (Å²) in [5, 5.41) is 13.0. The van der Waals surface area contributed by atoms with Crippen molar-refractivity contribution in [2.75, 3.05) is 0 Å². The summed E-state index contributed by atoms with van der Waals surface area (Å²) < 4.78 is 5.80. The predicted molar refractivity (Wildman–Crippen MR) is 96.1 cm³/mol. The summed E-state index contributed by atoms with van der Waals surface area (Å²) >= 11 is 1.38. The molecular formula is C19H13NO3S. The topological polar surface area (TPSA) is 62.3 Å². The number of hydrogen-bond acceptors (Lipinski definition) is 4. The highest BCUT2D eigenvalue weighted by Crippen LogP contribution is 2.35. The van der Waals surface area contributed by atoms with Crippen molar-refractivity contribution >= 4 is 21.6 Å². The molecule has 24 heavy (non-hydrogen) atoms. The minimum absolute atomic E-state index is 0.00754. The number of aromatic nitrogens is 1. The van der Waals surface area contributed by atoms with Gasteiger partial charge in [-0.2, -0.15) is 0 Å². The maximum Gasteiger partial charge on any atom is 0.260 e. The van der Waals surface area contributed by atoms with E-state index in [1.165, 1.54) is 11.3 Å². The summed E-state index contributed by atoms with van der Waals surface area (Å²) in [6.45, 7) is 0. The van der Waals surface area contributed by atoms with Crippen molar-refractivity contribution in [1.82, 2.24) is 4.98 Å². The molecule has 0 radical (unpaired) electrons. The molecular weight excluding hydrogens is 322 g/mol. The van der Waals surface area contributed by atoms with Crippen LogP contribution in [0.2, 0.25) is 0 Å². The molecule has 4 nitrogen and oxygen atoms in total. The van der Waals surface area contributed by atoms with Crippen molar-refractivity contribution in [3.05, 3.63) is 76.4 Å². The first-order valence-corrected chi connectivity index (χ1v) is 8.26. The fraction of sp³-hybridized carbons (Fsp3) is 0. The second-order valence-electron chi connectivity index (χ2n) is 5.28. The van der Waals surface area contributed by atoms with Crippen LogP contribution in [0.15, 0.2) is 70.8 Å². The van der Waals surface area contributed by atoms with Crippen LogP contribution in [-0.2, 0) is 0 Å². The van der Waals surface area contributed by atoms with Gasteiger partial charge in [-0.25, -0.2) is 0 Å². The number of aromatic amines is 1. The number of fused-ring (bicyclic) bond motifs is 1. The van der Waals surface area contributed by atoms with Crippen LogP contribution in [-0.4, -0.2) is 10.1 Å². The third kappa shape index (κ3) is 2.55. The number of para-hydroxylation sites is 1. The average molecular weight is 335 g/mol. The molecule has 0 aliphatic carbocycles. The molecule has 2 aromatic heterocycles. The standard InChI is InChI=1S/C19H13NO3S/c21-17-15-9-10-24-19(15)20-18(22)16(17)12-5-4-8-14(11-12)23-13-6-2-1-3-7-13/h1-11H,(H2,20,21,22). The molecule has 0 aliphatic rings. The van der Waals surface area contributed by atoms with E-state index in [9.17, 15) is 9.90 Å². The van der Waals surface area contributed by atoms with Crippen molar-refractivity contribution in [3.63, 3.8) is 0 Å². The lowest BCUT2D eigenvalue weighted by molar-refractivity contribution is 0.480. The average Bonchev–Trinajstić information content (AvgIpc) is 3.05. The first kappa shape index (κ1) is 14.5. The highest BCUT2D eigenvalue weighted by atomic mass is 32.1. The van der Waals surface area contributed by atoms with Crippen molar-refractivity contribution in [3.8, 4) is 28.4 Å². The summed E-state index contributed by atoms with van der Waals surface area (Å²) in [7, 11) is 0. The molecule has 2 N–H and O–H groups in total. The molecule has 2 aromatic carbocycles. The SMILES string of the molecule is O=c1[nH]c2sccc2c(O)c1-c1cccc(Oc2ccccc2)c1. The number of aromatic hydroxyl groups is 1. The number of H-pyrrole nitrogens is 1. The normalized spacial score (nSPS) is 10.8. The first-order chi connectivity index (χ1) is 11.7. The van der Waals surface area contributed by atoms with Gasteiger partial charge < -0.3 is 14.8 Å². The van der Waals surface area contributed by atoms with Gasteiger partial charge in [0.1, 0.15) is 22.1 Å². The molecule has 0 aliphatic heterocycles. The Kier molecular flexibility index (Phi) is 3.55. The fourth-order valence-corrected chi connectivity index (χ4v) is 3.39. The summed E-state index contributed by atoms with van der Waals surface area (Å²) in [6.07, 6.45) is 0. The largest absolute Gasteiger partial charge is 0.506 e. The van der Waals surface area contributed by atoms with Crippen molar-refractivity contribution in [2.45, 2.75) is 0 Å². The summed E-state index contributed by atoms with van der Waals surface area (Å²) in [5.74, 6) is 1.30. The number of ether oxygens (including phenoxy) is 1. The van der Waals surface area contributed by atoms with Crippen LogP contribution >= 0.6 is 11.3 Å². The van der Waals surface area contributed by atoms with Crippen LogP contribution < -0.4 is 10.3 Å². The Balaban J connectivity index is 1.80. The maximum absolute atomic E-state index is 12.4. The Morgan fingerprint density at radius 2 is 1.75 bits per heavy atom. The van der Waals surface area contributed by atoms with E-state index in [0.717, 1.165) is 0 Å². The lowest BCUT2D eigenvalue weighted by Crippen LogP contribution is -2.08. The second-order valence-corrected chi connectivity index (χ2v) is 6.20. The Morgan fingerprint density at radius 3 is 2.58 bits per heavy atom. The van der Waals surface area contributed by atoms with E-state index in [1.54, 1.807) is 24.3 Å². The van der Waals surface area contributed by atoms with Gasteiger partial charge in [0, 0.05) is 0 Å². The third-order valence-corrected chi connectivity index (χ3v) is 4.54. The predicted octanol–water partition coefficient (Wildman–Crippen LogP) is 4.75. The Hall–Kier alpha value is -3.05. The maximum atomic E-state index is 12.4. The summed E-state index contributed by atoms with van der Waals surface area (Å²) in [6, 6.07) is 18.3. The summed E-state index contributed by atoms with van der Waals surface area (Å²) in [4.78, 5) is 15.8. The Bertz CT molecular complexity index is 1070. The first-order valence-electron chi connectivity index (χ1n) is 7.38. The Morgan fingerprint density at radius 1 is 0.958 bits per heavy atom. The fourth-order valence-electron chi connectivity index (χ4n) is 2.61. The van der Waals surface area contributed by atoms with E-state index in [-0.39, 0.29) is 16.9 Å². The molecule has 0 atom stereocenters. The molecule has 2 heterocycles. The molecule has 0 amide bonds. The zero-order valence-electron chi connectivity index (χ0n) is 12.5. The number of thiophene rings is 1. The van der Waals surface area contributed by atoms with Crippen molar-refractivity contribution in [2.24, 2.45) is 0 Å². The van der Waals surface area contributed by atoms with E-state index >= 15 is 0 Å². The quantitative estimate of drug-likeness (QED) is 0.568. The van der Waals surface area contributed by atoms with Crippen LogP contribution in [0.4, 0.5) is 0 Å². The molecule has 0 saturated heterocycles. The minimum Gasteiger partial charge on any atom is -0.506 e. The zero-order chi connectivity index (χ0) is 16.5. The highest BCUT2D eigenvalue weighted by Gasteiger charge is 2.15. The number of nitrogens with one attached hydrogen (secondary N) is 1. The number of benzene rings is 2. The molecule has 4 aromatic rings. The molecule has 0 bridgehead atoms. The third-order valence-electron chi connectivity index (χ3n) is 3.71. The van der Waals surface area contributed by atoms with Crippen LogP contribution in [0, 0.1) is 0 Å². The van der Waals surface area contributed by atoms with Gasteiger partial charge in [-0.05, 0) is 41.3 Å². The molecule has 118 valence electrons. The van der Waals surface area contributed by atoms with Gasteiger partial charge >= 0.3 is 0 Å². The van der Waals surface area contributed by atoms with E-state index in [4.69, 9.17) is 4.74 Å². The number of pyridine rings is 1. The van der Waals surface area contributed by atoms with Gasteiger partial charge in [-0.1, -0.05) is 30.3 Å². The monoisotopic (exact) mass is 335 g/mol. The van der Waals surface area contributed by atoms with E-state index in [2.05, 4.69) is 4.98 Å². The van der Waals surface area contributed by atoms with Crippen LogP contribution in [0.3, 0.4) is 0 Å². The van der Waals surface area contributed by atoms with Crippen molar-refractivity contribution < 1.29 is 9.84 Å². The minimum atomic E-state index is -0.320. The number of hydrogen-bond donors (Lipinski definition) is 2. The smallest absolute Gasteiger partial charge is 0.260 e. The van der Waals surface area contributed by atoms with E-state index in [1.807, 2.05) is 41.8 Å². The summed E-state index contributed by atoms with van der Waals surface area (Å²) in [5.41, 5.74) is 0.536. The molecule has 5 heteroatoms. The van der Waals surface area contributed by atoms with Gasteiger partial charge in [-0.15, -0.1) is 11.3 Å². The van der Waals surface area contributed by atoms with Gasteiger partial charge in [0.25, 0.3) is 5.56 Å². The molecule has 0 unspecified atom stereocenters. The van der Waals surface area contributed by atoms with Crippen molar-refractivity contribution in [1.29, 1.82) is 0 Å². The molecule has 0 spiro atoms. The van der Waals surface area contributed by atoms with Crippen LogP contribution in [0.1, 0.15) is 0 Å². The van der Waals surface area contributed by atoms with Crippen LogP contribution in [0.25, 0.3) is 21.3 Å². The lowest BCUT2D eigenvalue weighted by atomic mass is 10.0. The molecule has 0 saturated carbocycles. The molecule has 0 fully saturated rings. The lowest BCUT2D eigenvalue weighted by Gasteiger charge is -2.09. The molecule has 4 rings (SSSR count). The highest BCUT2D eigenvalue weighted by molar-refractivity contribution is 7.16. The number of rotatable bonds is 3. The van der Waals surface area contributed by atoms with E-state index < -0.39 is 0 Å². The van der Waals surface area contributed by atoms with Crippen LogP contribution in [0.5, 0.6) is 17.2 Å². The Labute approximate surface area is 141 Å². The van der Waals surface area contributed by atoms with Gasteiger partial charge in [-0.3, -0.25) is 4.79 Å². The van der Waals surface area contributed by atoms with Gasteiger partial charge in [0.05, 0.1) is 10.9 Å². The van der Waals surface area contributed by atoms with E-state index in [0.29, 0.717) is 27.3 Å². The van der Waals surface area contributed by atoms with Gasteiger partial charge in [0.2, 0.25) is 0 Å². The van der Waals surface area contributed by atoms with Gasteiger partial charge in [0.15, 0.2) is 0 Å². The second kappa shape index (κ2) is 5.86. The zero-order valence-corrected chi connectivity index (χ0v) is 13.3.